The van der Waals surface area contributed by atoms with Gasteiger partial charge in [0.25, 0.3) is 0 Å². The molecule has 2 aromatic rings. The third kappa shape index (κ3) is 3.75. The topological polar surface area (TPSA) is 12.0 Å². The van der Waals surface area contributed by atoms with E-state index < -0.39 is 11.6 Å². The van der Waals surface area contributed by atoms with Crippen molar-refractivity contribution in [3.05, 3.63) is 70.2 Å². The highest BCUT2D eigenvalue weighted by atomic mass is 35.5. The quantitative estimate of drug-likeness (QED) is 0.872. The van der Waals surface area contributed by atoms with E-state index in [-0.39, 0.29) is 12.6 Å². The van der Waals surface area contributed by atoms with Crippen LogP contribution in [0.2, 0.25) is 5.02 Å². The predicted octanol–water partition coefficient (Wildman–Crippen LogP) is 4.47. The minimum absolute atomic E-state index is 0.0277. The van der Waals surface area contributed by atoms with Crippen molar-refractivity contribution < 1.29 is 8.78 Å². The van der Waals surface area contributed by atoms with Crippen LogP contribution < -0.4 is 5.32 Å². The standard InChI is InChI=1S/C15H14ClF2N/c1-10(11-2-4-13(16)5-3-11)19-9-12-8-14(17)6-7-15(12)18/h2-8,10,19H,9H2,1H3. The first-order valence-electron chi connectivity index (χ1n) is 5.99. The van der Waals surface area contributed by atoms with Crippen LogP contribution in [0, 0.1) is 11.6 Å². The van der Waals surface area contributed by atoms with Gasteiger partial charge in [-0.15, -0.1) is 0 Å². The van der Waals surface area contributed by atoms with E-state index in [0.29, 0.717) is 10.6 Å². The van der Waals surface area contributed by atoms with Crippen molar-refractivity contribution in [3.8, 4) is 0 Å². The summed E-state index contributed by atoms with van der Waals surface area (Å²) in [4.78, 5) is 0. The molecule has 4 heteroatoms. The largest absolute Gasteiger partial charge is 0.306 e. The molecule has 0 aliphatic heterocycles. The Hall–Kier alpha value is -1.45. The zero-order valence-corrected chi connectivity index (χ0v) is 11.2. The normalized spacial score (nSPS) is 12.4. The summed E-state index contributed by atoms with van der Waals surface area (Å²) in [5.74, 6) is -0.838. The van der Waals surface area contributed by atoms with E-state index in [1.165, 1.54) is 6.07 Å². The molecule has 1 unspecified atom stereocenters. The van der Waals surface area contributed by atoms with E-state index in [9.17, 15) is 8.78 Å². The average Bonchev–Trinajstić information content (AvgIpc) is 2.40. The molecule has 0 aliphatic rings. The van der Waals surface area contributed by atoms with Crippen molar-refractivity contribution >= 4 is 11.6 Å². The van der Waals surface area contributed by atoms with Crippen molar-refractivity contribution in [1.82, 2.24) is 5.32 Å². The van der Waals surface area contributed by atoms with Crippen LogP contribution >= 0.6 is 11.6 Å². The molecule has 2 rings (SSSR count). The number of rotatable bonds is 4. The summed E-state index contributed by atoms with van der Waals surface area (Å²) in [6.07, 6.45) is 0. The lowest BCUT2D eigenvalue weighted by molar-refractivity contribution is 0.535. The number of benzene rings is 2. The first-order chi connectivity index (χ1) is 9.06. The molecule has 2 aromatic carbocycles. The van der Waals surface area contributed by atoms with Crippen LogP contribution in [0.1, 0.15) is 24.1 Å². The van der Waals surface area contributed by atoms with E-state index in [1.54, 1.807) is 12.1 Å². The van der Waals surface area contributed by atoms with E-state index in [1.807, 2.05) is 19.1 Å². The zero-order chi connectivity index (χ0) is 13.8. The highest BCUT2D eigenvalue weighted by Gasteiger charge is 2.08. The molecular formula is C15H14ClF2N. The lowest BCUT2D eigenvalue weighted by Gasteiger charge is -2.14. The predicted molar refractivity (Wildman–Crippen MR) is 73.1 cm³/mol. The molecule has 0 saturated carbocycles. The van der Waals surface area contributed by atoms with Gasteiger partial charge in [0.05, 0.1) is 0 Å². The van der Waals surface area contributed by atoms with Gasteiger partial charge in [0.1, 0.15) is 11.6 Å². The second-order valence-corrected chi connectivity index (χ2v) is 4.83. The van der Waals surface area contributed by atoms with Gasteiger partial charge in [0, 0.05) is 23.2 Å². The van der Waals surface area contributed by atoms with Gasteiger partial charge in [-0.25, -0.2) is 8.78 Å². The summed E-state index contributed by atoms with van der Waals surface area (Å²) in [6, 6.07) is 10.9. The van der Waals surface area contributed by atoms with Crippen LogP contribution in [0.4, 0.5) is 8.78 Å². The lowest BCUT2D eigenvalue weighted by atomic mass is 10.1. The van der Waals surface area contributed by atoms with Crippen molar-refractivity contribution in [2.75, 3.05) is 0 Å². The second kappa shape index (κ2) is 6.13. The molecule has 0 bridgehead atoms. The van der Waals surface area contributed by atoms with E-state index in [2.05, 4.69) is 5.32 Å². The van der Waals surface area contributed by atoms with Gasteiger partial charge in [0.15, 0.2) is 0 Å². The number of halogens is 3. The van der Waals surface area contributed by atoms with Crippen molar-refractivity contribution in [2.45, 2.75) is 19.5 Å². The molecule has 0 aromatic heterocycles. The minimum Gasteiger partial charge on any atom is -0.306 e. The average molecular weight is 282 g/mol. The maximum atomic E-state index is 13.5. The highest BCUT2D eigenvalue weighted by molar-refractivity contribution is 6.30. The Labute approximate surface area is 116 Å². The van der Waals surface area contributed by atoms with Crippen LogP contribution in [0.15, 0.2) is 42.5 Å². The molecule has 0 fully saturated rings. The molecular weight excluding hydrogens is 268 g/mol. The van der Waals surface area contributed by atoms with Gasteiger partial charge in [-0.1, -0.05) is 23.7 Å². The van der Waals surface area contributed by atoms with E-state index in [4.69, 9.17) is 11.6 Å². The molecule has 100 valence electrons. The van der Waals surface area contributed by atoms with Crippen molar-refractivity contribution in [1.29, 1.82) is 0 Å². The summed E-state index contributed by atoms with van der Waals surface area (Å²) in [6.45, 7) is 2.23. The first-order valence-corrected chi connectivity index (χ1v) is 6.37. The molecule has 0 heterocycles. The Morgan fingerprint density at radius 3 is 2.47 bits per heavy atom. The van der Waals surface area contributed by atoms with Gasteiger partial charge < -0.3 is 5.32 Å². The van der Waals surface area contributed by atoms with Gasteiger partial charge >= 0.3 is 0 Å². The number of hydrogen-bond acceptors (Lipinski definition) is 1. The van der Waals surface area contributed by atoms with Crippen molar-refractivity contribution in [3.63, 3.8) is 0 Å². The Morgan fingerprint density at radius 1 is 1.11 bits per heavy atom. The second-order valence-electron chi connectivity index (χ2n) is 4.39. The minimum atomic E-state index is -0.433. The van der Waals surface area contributed by atoms with E-state index in [0.717, 1.165) is 17.7 Å². The maximum Gasteiger partial charge on any atom is 0.127 e. The highest BCUT2D eigenvalue weighted by Crippen LogP contribution is 2.17. The van der Waals surface area contributed by atoms with Crippen LogP contribution in [0.25, 0.3) is 0 Å². The fourth-order valence-corrected chi connectivity index (χ4v) is 1.94. The van der Waals surface area contributed by atoms with Gasteiger partial charge in [0.2, 0.25) is 0 Å². The smallest absolute Gasteiger partial charge is 0.127 e. The van der Waals surface area contributed by atoms with Gasteiger partial charge in [-0.05, 0) is 42.8 Å². The fraction of sp³-hybridized carbons (Fsp3) is 0.200. The summed E-state index contributed by atoms with van der Waals surface area (Å²) >= 11 is 5.82. The fourth-order valence-electron chi connectivity index (χ4n) is 1.81. The first kappa shape index (κ1) is 14.0. The molecule has 19 heavy (non-hydrogen) atoms. The Bertz CT molecular complexity index is 555. The number of hydrogen-bond donors (Lipinski definition) is 1. The summed E-state index contributed by atoms with van der Waals surface area (Å²) in [5, 5.41) is 3.83. The van der Waals surface area contributed by atoms with Crippen molar-refractivity contribution in [2.24, 2.45) is 0 Å². The SMILES string of the molecule is CC(NCc1cc(F)ccc1F)c1ccc(Cl)cc1. The summed E-state index contributed by atoms with van der Waals surface area (Å²) < 4.78 is 26.5. The molecule has 0 radical (unpaired) electrons. The Morgan fingerprint density at radius 2 is 1.79 bits per heavy atom. The molecule has 0 aliphatic carbocycles. The zero-order valence-electron chi connectivity index (χ0n) is 10.5. The summed E-state index contributed by atoms with van der Waals surface area (Å²) in [7, 11) is 0. The molecule has 1 atom stereocenters. The van der Waals surface area contributed by atoms with Crippen LogP contribution in [0.5, 0.6) is 0 Å². The number of nitrogens with one attached hydrogen (secondary N) is 1. The Balaban J connectivity index is 2.02. The molecule has 1 N–H and O–H groups in total. The third-order valence-electron chi connectivity index (χ3n) is 2.98. The monoisotopic (exact) mass is 281 g/mol. The van der Waals surface area contributed by atoms with Gasteiger partial charge in [-0.3, -0.25) is 0 Å². The molecule has 1 nitrogen and oxygen atoms in total. The lowest BCUT2D eigenvalue weighted by Crippen LogP contribution is -2.18. The van der Waals surface area contributed by atoms with E-state index >= 15 is 0 Å². The van der Waals surface area contributed by atoms with Gasteiger partial charge in [-0.2, -0.15) is 0 Å². The maximum absolute atomic E-state index is 13.5. The molecule has 0 amide bonds. The molecule has 0 saturated heterocycles. The Kier molecular flexibility index (Phi) is 4.51. The third-order valence-corrected chi connectivity index (χ3v) is 3.23. The van der Waals surface area contributed by atoms with Crippen LogP contribution in [0.3, 0.4) is 0 Å². The molecule has 0 spiro atoms. The summed E-state index contributed by atoms with van der Waals surface area (Å²) in [5.41, 5.74) is 1.36. The van der Waals surface area contributed by atoms with Crippen LogP contribution in [-0.2, 0) is 6.54 Å². The van der Waals surface area contributed by atoms with Crippen LogP contribution in [-0.4, -0.2) is 0 Å².